The summed E-state index contributed by atoms with van der Waals surface area (Å²) in [5, 5.41) is 12.5. The molecule has 1 aromatic heterocycles. The number of aromatic nitrogens is 2. The summed E-state index contributed by atoms with van der Waals surface area (Å²) in [5.41, 5.74) is -0.122. The molecule has 0 bridgehead atoms. The molecule has 1 aromatic carbocycles. The maximum absolute atomic E-state index is 12.6. The van der Waals surface area contributed by atoms with Gasteiger partial charge in [0.15, 0.2) is 0 Å². The summed E-state index contributed by atoms with van der Waals surface area (Å²) in [5.74, 6) is 0. The second-order valence-corrected chi connectivity index (χ2v) is 4.79. The molecule has 0 radical (unpaired) electrons. The molecular weight excluding hydrogens is 314 g/mol. The monoisotopic (exact) mass is 319 g/mol. The molecule has 0 spiro atoms. The fourth-order valence-electron chi connectivity index (χ4n) is 1.63. The van der Waals surface area contributed by atoms with Crippen LogP contribution in [0.5, 0.6) is 0 Å². The molecule has 0 aliphatic rings. The van der Waals surface area contributed by atoms with E-state index in [1.807, 2.05) is 6.07 Å². The van der Waals surface area contributed by atoms with Crippen LogP contribution < -0.4 is 0 Å². The van der Waals surface area contributed by atoms with Gasteiger partial charge in [-0.3, -0.25) is 0 Å². The van der Waals surface area contributed by atoms with Gasteiger partial charge in [0, 0.05) is 6.20 Å². The van der Waals surface area contributed by atoms with Gasteiger partial charge in [0.1, 0.15) is 11.8 Å². The van der Waals surface area contributed by atoms with E-state index in [1.54, 1.807) is 6.92 Å². The molecule has 0 saturated heterocycles. The molecule has 0 saturated carbocycles. The Kier molecular flexibility index (Phi) is 3.67. The quantitative estimate of drug-likeness (QED) is 0.782. The van der Waals surface area contributed by atoms with E-state index in [0.29, 0.717) is 5.69 Å². The number of alkyl halides is 3. The van der Waals surface area contributed by atoms with Crippen LogP contribution in [-0.2, 0) is 6.18 Å². The third kappa shape index (κ3) is 2.60. The van der Waals surface area contributed by atoms with Crippen molar-refractivity contribution in [1.82, 2.24) is 9.78 Å². The zero-order valence-corrected chi connectivity index (χ0v) is 11.5. The fraction of sp³-hybridized carbons (Fsp3) is 0.167. The predicted octanol–water partition coefficient (Wildman–Crippen LogP) is 4.38. The number of aryl methyl sites for hydroxylation is 1. The van der Waals surface area contributed by atoms with E-state index in [1.165, 1.54) is 10.9 Å². The van der Waals surface area contributed by atoms with Gasteiger partial charge in [-0.15, -0.1) is 0 Å². The summed E-state index contributed by atoms with van der Waals surface area (Å²) >= 11 is 11.7. The minimum Gasteiger partial charge on any atom is -0.236 e. The van der Waals surface area contributed by atoms with Crippen molar-refractivity contribution in [2.45, 2.75) is 13.1 Å². The Morgan fingerprint density at radius 3 is 2.20 bits per heavy atom. The second kappa shape index (κ2) is 5.00. The molecule has 3 nitrogen and oxygen atoms in total. The summed E-state index contributed by atoms with van der Waals surface area (Å²) in [4.78, 5) is 0. The highest BCUT2D eigenvalue weighted by atomic mass is 35.5. The van der Waals surface area contributed by atoms with E-state index in [9.17, 15) is 13.2 Å². The molecule has 0 atom stereocenters. The Labute approximate surface area is 122 Å². The Hall–Kier alpha value is -1.71. The Morgan fingerprint density at radius 1 is 1.25 bits per heavy atom. The van der Waals surface area contributed by atoms with Crippen LogP contribution in [0.2, 0.25) is 10.0 Å². The molecule has 0 aliphatic carbocycles. The first-order valence-corrected chi connectivity index (χ1v) is 6.02. The lowest BCUT2D eigenvalue weighted by Gasteiger charge is -2.12. The molecule has 0 unspecified atom stereocenters. The average Bonchev–Trinajstić information content (AvgIpc) is 2.68. The summed E-state index contributed by atoms with van der Waals surface area (Å²) in [6.07, 6.45) is -3.18. The summed E-state index contributed by atoms with van der Waals surface area (Å²) in [6.45, 7) is 1.60. The molecule has 1 heterocycles. The Bertz CT molecular complexity index is 691. The predicted molar refractivity (Wildman–Crippen MR) is 68.0 cm³/mol. The summed E-state index contributed by atoms with van der Waals surface area (Å²) < 4.78 is 39.1. The molecule has 2 rings (SSSR count). The van der Waals surface area contributed by atoms with Crippen LogP contribution in [0.15, 0.2) is 18.3 Å². The van der Waals surface area contributed by atoms with Crippen molar-refractivity contribution in [3.63, 3.8) is 0 Å². The van der Waals surface area contributed by atoms with E-state index < -0.39 is 11.7 Å². The highest BCUT2D eigenvalue weighted by molar-refractivity contribution is 6.37. The highest BCUT2D eigenvalue weighted by Gasteiger charge is 2.32. The third-order valence-electron chi connectivity index (χ3n) is 2.59. The van der Waals surface area contributed by atoms with Gasteiger partial charge in [0.2, 0.25) is 0 Å². The molecular formula is C12H6Cl2F3N3. The van der Waals surface area contributed by atoms with E-state index in [2.05, 4.69) is 5.10 Å². The van der Waals surface area contributed by atoms with Crippen LogP contribution in [-0.4, -0.2) is 9.78 Å². The van der Waals surface area contributed by atoms with Gasteiger partial charge in [0.05, 0.1) is 26.9 Å². The molecule has 104 valence electrons. The number of halogens is 5. The summed E-state index contributed by atoms with van der Waals surface area (Å²) in [6, 6.07) is 3.45. The molecule has 0 N–H and O–H groups in total. The first kappa shape index (κ1) is 14.7. The molecule has 20 heavy (non-hydrogen) atoms. The Morgan fingerprint density at radius 2 is 1.80 bits per heavy atom. The number of benzene rings is 1. The number of nitrogens with zero attached hydrogens (tertiary/aromatic N) is 3. The van der Waals surface area contributed by atoms with Crippen molar-refractivity contribution >= 4 is 23.2 Å². The van der Waals surface area contributed by atoms with Crippen molar-refractivity contribution < 1.29 is 13.2 Å². The van der Waals surface area contributed by atoms with E-state index in [4.69, 9.17) is 28.5 Å². The number of nitriles is 1. The van der Waals surface area contributed by atoms with Gasteiger partial charge in [-0.05, 0) is 19.1 Å². The van der Waals surface area contributed by atoms with Crippen molar-refractivity contribution in [3.8, 4) is 11.8 Å². The number of rotatable bonds is 1. The van der Waals surface area contributed by atoms with Crippen LogP contribution in [0.3, 0.4) is 0 Å². The maximum Gasteiger partial charge on any atom is 0.416 e. The average molecular weight is 320 g/mol. The van der Waals surface area contributed by atoms with Crippen molar-refractivity contribution in [2.24, 2.45) is 0 Å². The molecule has 0 amide bonds. The van der Waals surface area contributed by atoms with Gasteiger partial charge in [-0.25, -0.2) is 4.68 Å². The molecule has 0 aliphatic heterocycles. The topological polar surface area (TPSA) is 41.6 Å². The highest BCUT2D eigenvalue weighted by Crippen LogP contribution is 2.37. The van der Waals surface area contributed by atoms with Crippen LogP contribution in [0.4, 0.5) is 13.2 Å². The van der Waals surface area contributed by atoms with E-state index >= 15 is 0 Å². The minimum absolute atomic E-state index is 0.103. The summed E-state index contributed by atoms with van der Waals surface area (Å²) in [7, 11) is 0. The van der Waals surface area contributed by atoms with Crippen molar-refractivity contribution in [2.75, 3.05) is 0 Å². The maximum atomic E-state index is 12.6. The van der Waals surface area contributed by atoms with E-state index in [-0.39, 0.29) is 21.3 Å². The van der Waals surface area contributed by atoms with Crippen LogP contribution >= 0.6 is 23.2 Å². The molecule has 8 heteroatoms. The largest absolute Gasteiger partial charge is 0.416 e. The van der Waals surface area contributed by atoms with Gasteiger partial charge in [0.25, 0.3) is 0 Å². The first-order valence-electron chi connectivity index (χ1n) is 5.27. The lowest BCUT2D eigenvalue weighted by atomic mass is 10.2. The first-order chi connectivity index (χ1) is 9.24. The van der Waals surface area contributed by atoms with Crippen LogP contribution in [0, 0.1) is 18.3 Å². The third-order valence-corrected chi connectivity index (χ3v) is 3.17. The molecule has 2 aromatic rings. The SMILES string of the molecule is Cc1nn(-c2c(Cl)cc(C(F)(F)F)cc2Cl)cc1C#N. The number of hydrogen-bond acceptors (Lipinski definition) is 2. The van der Waals surface area contributed by atoms with Gasteiger partial charge < -0.3 is 0 Å². The van der Waals surface area contributed by atoms with Crippen molar-refractivity contribution in [3.05, 3.63) is 45.2 Å². The van der Waals surface area contributed by atoms with Crippen LogP contribution in [0.25, 0.3) is 5.69 Å². The van der Waals surface area contributed by atoms with Gasteiger partial charge >= 0.3 is 6.18 Å². The van der Waals surface area contributed by atoms with Gasteiger partial charge in [-0.1, -0.05) is 23.2 Å². The zero-order valence-electron chi connectivity index (χ0n) is 9.96. The lowest BCUT2D eigenvalue weighted by Crippen LogP contribution is -2.07. The lowest BCUT2D eigenvalue weighted by molar-refractivity contribution is -0.137. The zero-order chi connectivity index (χ0) is 15.1. The van der Waals surface area contributed by atoms with E-state index in [0.717, 1.165) is 12.1 Å². The molecule has 0 fully saturated rings. The van der Waals surface area contributed by atoms with Crippen LogP contribution in [0.1, 0.15) is 16.8 Å². The normalized spacial score (nSPS) is 11.4. The fourth-order valence-corrected chi connectivity index (χ4v) is 2.29. The van der Waals surface area contributed by atoms with Crippen molar-refractivity contribution in [1.29, 1.82) is 5.26 Å². The smallest absolute Gasteiger partial charge is 0.236 e. The number of hydrogen-bond donors (Lipinski definition) is 0. The Balaban J connectivity index is 2.61. The standard InChI is InChI=1S/C12H6Cl2F3N3/c1-6-7(4-18)5-20(19-6)11-9(13)2-8(3-10(11)14)12(15,16)17/h2-3,5H,1H3. The minimum atomic E-state index is -4.54. The second-order valence-electron chi connectivity index (χ2n) is 3.97. The van der Waals surface area contributed by atoms with Gasteiger partial charge in [-0.2, -0.15) is 23.5 Å².